The second kappa shape index (κ2) is 7.60. The Balaban J connectivity index is 2.11. The van der Waals surface area contributed by atoms with Crippen LogP contribution in [0, 0.1) is 0 Å². The monoisotopic (exact) mass is 233 g/mol. The molecule has 92 valence electrons. The Morgan fingerprint density at radius 3 is 2.06 bits per heavy atom. The zero-order valence-electron chi connectivity index (χ0n) is 10.0. The first-order valence-corrected chi connectivity index (χ1v) is 6.06. The summed E-state index contributed by atoms with van der Waals surface area (Å²) in [5.41, 5.74) is 5.82. The first-order valence-electron chi connectivity index (χ1n) is 6.06. The van der Waals surface area contributed by atoms with Crippen LogP contribution in [0.1, 0.15) is 48.9 Å². The lowest BCUT2D eigenvalue weighted by molar-refractivity contribution is -0.118. The maximum absolute atomic E-state index is 11.7. The number of amides is 1. The molecule has 1 rings (SSSR count). The molecule has 3 heteroatoms. The van der Waals surface area contributed by atoms with Crippen molar-refractivity contribution in [1.29, 1.82) is 0 Å². The van der Waals surface area contributed by atoms with E-state index in [4.69, 9.17) is 5.73 Å². The SMILES string of the molecule is NC(=O)CCCCCCC(=O)c1ccccc1. The maximum Gasteiger partial charge on any atom is 0.217 e. The first kappa shape index (κ1) is 13.4. The van der Waals surface area contributed by atoms with Gasteiger partial charge in [-0.2, -0.15) is 0 Å². The van der Waals surface area contributed by atoms with Crippen molar-refractivity contribution in [1.82, 2.24) is 0 Å². The number of Topliss-reactive ketones (excluding diaryl/α,β-unsaturated/α-hetero) is 1. The summed E-state index contributed by atoms with van der Waals surface area (Å²) in [6.45, 7) is 0. The molecule has 0 aromatic heterocycles. The zero-order valence-corrected chi connectivity index (χ0v) is 10.0. The molecule has 0 aliphatic carbocycles. The molecule has 0 heterocycles. The molecule has 0 aliphatic rings. The molecule has 0 bridgehead atoms. The summed E-state index contributed by atoms with van der Waals surface area (Å²) in [5, 5.41) is 0. The molecule has 2 N–H and O–H groups in total. The summed E-state index contributed by atoms with van der Waals surface area (Å²) in [6.07, 6.45) is 4.69. The molecule has 0 aliphatic heterocycles. The van der Waals surface area contributed by atoms with Crippen molar-refractivity contribution in [2.45, 2.75) is 38.5 Å². The molecule has 0 fully saturated rings. The van der Waals surface area contributed by atoms with Gasteiger partial charge in [0.25, 0.3) is 0 Å². The van der Waals surface area contributed by atoms with Crippen molar-refractivity contribution in [2.75, 3.05) is 0 Å². The Kier molecular flexibility index (Phi) is 6.00. The summed E-state index contributed by atoms with van der Waals surface area (Å²) in [6, 6.07) is 9.34. The van der Waals surface area contributed by atoms with Gasteiger partial charge in [-0.3, -0.25) is 9.59 Å². The Labute approximate surface area is 102 Å². The third-order valence-electron chi connectivity index (χ3n) is 2.67. The van der Waals surface area contributed by atoms with E-state index in [1.165, 1.54) is 0 Å². The molecule has 0 radical (unpaired) electrons. The van der Waals surface area contributed by atoms with Crippen LogP contribution in [-0.4, -0.2) is 11.7 Å². The summed E-state index contributed by atoms with van der Waals surface area (Å²) >= 11 is 0. The minimum Gasteiger partial charge on any atom is -0.370 e. The molecule has 1 aromatic rings. The highest BCUT2D eigenvalue weighted by molar-refractivity contribution is 5.95. The molecular weight excluding hydrogens is 214 g/mol. The second-order valence-electron chi connectivity index (χ2n) is 4.17. The Morgan fingerprint density at radius 2 is 1.47 bits per heavy atom. The van der Waals surface area contributed by atoms with Crippen molar-refractivity contribution < 1.29 is 9.59 Å². The minimum atomic E-state index is -0.245. The van der Waals surface area contributed by atoms with Gasteiger partial charge < -0.3 is 5.73 Å². The fraction of sp³-hybridized carbons (Fsp3) is 0.429. The average molecular weight is 233 g/mol. The van der Waals surface area contributed by atoms with Gasteiger partial charge in [0.1, 0.15) is 0 Å². The van der Waals surface area contributed by atoms with Crippen molar-refractivity contribution in [2.24, 2.45) is 5.73 Å². The lowest BCUT2D eigenvalue weighted by atomic mass is 10.0. The van der Waals surface area contributed by atoms with Gasteiger partial charge >= 0.3 is 0 Å². The number of ketones is 1. The van der Waals surface area contributed by atoms with Crippen LogP contribution in [0.2, 0.25) is 0 Å². The summed E-state index contributed by atoms with van der Waals surface area (Å²) in [4.78, 5) is 22.2. The van der Waals surface area contributed by atoms with E-state index >= 15 is 0 Å². The molecule has 1 aromatic carbocycles. The van der Waals surface area contributed by atoms with Gasteiger partial charge in [-0.25, -0.2) is 0 Å². The Morgan fingerprint density at radius 1 is 0.882 bits per heavy atom. The predicted molar refractivity (Wildman–Crippen MR) is 67.7 cm³/mol. The topological polar surface area (TPSA) is 60.2 Å². The number of unbranched alkanes of at least 4 members (excludes halogenated alkanes) is 3. The highest BCUT2D eigenvalue weighted by Crippen LogP contribution is 2.09. The largest absolute Gasteiger partial charge is 0.370 e. The van der Waals surface area contributed by atoms with Crippen LogP contribution < -0.4 is 5.73 Å². The molecular formula is C14H19NO2. The van der Waals surface area contributed by atoms with E-state index < -0.39 is 0 Å². The molecule has 0 unspecified atom stereocenters. The number of benzene rings is 1. The van der Waals surface area contributed by atoms with Crippen LogP contribution >= 0.6 is 0 Å². The quantitative estimate of drug-likeness (QED) is 0.554. The van der Waals surface area contributed by atoms with Gasteiger partial charge in [0.15, 0.2) is 5.78 Å². The van der Waals surface area contributed by atoms with E-state index in [-0.39, 0.29) is 11.7 Å². The van der Waals surface area contributed by atoms with E-state index in [2.05, 4.69) is 0 Å². The van der Waals surface area contributed by atoms with Crippen LogP contribution in [0.5, 0.6) is 0 Å². The average Bonchev–Trinajstić information content (AvgIpc) is 2.34. The standard InChI is InChI=1S/C14H19NO2/c15-14(17)11-7-2-1-6-10-13(16)12-8-4-3-5-9-12/h3-5,8-9H,1-2,6-7,10-11H2,(H2,15,17). The summed E-state index contributed by atoms with van der Waals surface area (Å²) in [7, 11) is 0. The van der Waals surface area contributed by atoms with Crippen molar-refractivity contribution in [3.05, 3.63) is 35.9 Å². The zero-order chi connectivity index (χ0) is 12.5. The van der Waals surface area contributed by atoms with Gasteiger partial charge in [0.2, 0.25) is 5.91 Å². The number of carbonyl (C=O) groups is 2. The molecule has 17 heavy (non-hydrogen) atoms. The smallest absolute Gasteiger partial charge is 0.217 e. The van der Waals surface area contributed by atoms with Gasteiger partial charge in [0, 0.05) is 18.4 Å². The third-order valence-corrected chi connectivity index (χ3v) is 2.67. The normalized spacial score (nSPS) is 10.1. The van der Waals surface area contributed by atoms with E-state index in [0.29, 0.717) is 12.8 Å². The summed E-state index contributed by atoms with van der Waals surface area (Å²) < 4.78 is 0. The first-order chi connectivity index (χ1) is 8.20. The number of nitrogens with two attached hydrogens (primary N) is 1. The minimum absolute atomic E-state index is 0.195. The lowest BCUT2D eigenvalue weighted by Crippen LogP contribution is -2.09. The van der Waals surface area contributed by atoms with Gasteiger partial charge in [-0.05, 0) is 12.8 Å². The third kappa shape index (κ3) is 5.85. The van der Waals surface area contributed by atoms with Crippen LogP contribution in [0.3, 0.4) is 0 Å². The highest BCUT2D eigenvalue weighted by Gasteiger charge is 2.04. The van der Waals surface area contributed by atoms with E-state index in [1.54, 1.807) is 0 Å². The molecule has 3 nitrogen and oxygen atoms in total. The van der Waals surface area contributed by atoms with Crippen LogP contribution in [0.4, 0.5) is 0 Å². The second-order valence-corrected chi connectivity index (χ2v) is 4.17. The number of hydrogen-bond donors (Lipinski definition) is 1. The fourth-order valence-corrected chi connectivity index (χ4v) is 1.71. The predicted octanol–water partition coefficient (Wildman–Crippen LogP) is 2.70. The van der Waals surface area contributed by atoms with E-state index in [0.717, 1.165) is 31.2 Å². The van der Waals surface area contributed by atoms with Crippen LogP contribution in [-0.2, 0) is 4.79 Å². The van der Waals surface area contributed by atoms with Crippen molar-refractivity contribution >= 4 is 11.7 Å². The van der Waals surface area contributed by atoms with Crippen LogP contribution in [0.25, 0.3) is 0 Å². The van der Waals surface area contributed by atoms with Crippen molar-refractivity contribution in [3.63, 3.8) is 0 Å². The number of primary amides is 1. The van der Waals surface area contributed by atoms with Crippen LogP contribution in [0.15, 0.2) is 30.3 Å². The van der Waals surface area contributed by atoms with Gasteiger partial charge in [-0.1, -0.05) is 43.2 Å². The van der Waals surface area contributed by atoms with E-state index in [9.17, 15) is 9.59 Å². The number of hydrogen-bond acceptors (Lipinski definition) is 2. The van der Waals surface area contributed by atoms with E-state index in [1.807, 2.05) is 30.3 Å². The molecule has 0 saturated carbocycles. The molecule has 0 saturated heterocycles. The Hall–Kier alpha value is -1.64. The summed E-state index contributed by atoms with van der Waals surface area (Å²) in [5.74, 6) is -0.0501. The Bertz CT molecular complexity index is 360. The number of rotatable bonds is 8. The molecule has 0 atom stereocenters. The highest BCUT2D eigenvalue weighted by atomic mass is 16.1. The fourth-order valence-electron chi connectivity index (χ4n) is 1.71. The molecule has 1 amide bonds. The van der Waals surface area contributed by atoms with Gasteiger partial charge in [0.05, 0.1) is 0 Å². The lowest BCUT2D eigenvalue weighted by Gasteiger charge is -2.01. The number of carbonyl (C=O) groups excluding carboxylic acids is 2. The van der Waals surface area contributed by atoms with Crippen molar-refractivity contribution in [3.8, 4) is 0 Å². The maximum atomic E-state index is 11.7. The van der Waals surface area contributed by atoms with Gasteiger partial charge in [-0.15, -0.1) is 0 Å². The molecule has 0 spiro atoms.